The minimum atomic E-state index is -0.396. The third kappa shape index (κ3) is 4.20. The minimum Gasteiger partial charge on any atom is -0.345 e. The van der Waals surface area contributed by atoms with Crippen LogP contribution in [0.2, 0.25) is 0 Å². The number of rotatable bonds is 6. The quantitative estimate of drug-likeness (QED) is 0.631. The Morgan fingerprint density at radius 2 is 1.81 bits per heavy atom. The van der Waals surface area contributed by atoms with E-state index in [1.54, 1.807) is 17.0 Å². The Bertz CT molecular complexity index is 871. The molecule has 3 aromatic rings. The third-order valence-electron chi connectivity index (χ3n) is 4.41. The predicted molar refractivity (Wildman–Crippen MR) is 101 cm³/mol. The number of amides is 1. The van der Waals surface area contributed by atoms with Crippen molar-refractivity contribution in [1.82, 2.24) is 9.47 Å². The third-order valence-corrected chi connectivity index (χ3v) is 4.41. The molecular weight excluding hydrogens is 327 g/mol. The van der Waals surface area contributed by atoms with Crippen LogP contribution in [0.3, 0.4) is 0 Å². The van der Waals surface area contributed by atoms with Crippen molar-refractivity contribution in [3.05, 3.63) is 95.6 Å². The molecule has 0 saturated carbocycles. The number of benzene rings is 2. The standard InChI is InChI=1S/C22H23FN2O/c1-17(2)25(22(26)19-10-6-11-20(23)14-19)16-21-12-7-13-24(21)15-18-8-4-3-5-9-18/h3-14,17H,15-16H2,1-2H3. The summed E-state index contributed by atoms with van der Waals surface area (Å²) in [4.78, 5) is 14.7. The van der Waals surface area contributed by atoms with Crippen LogP contribution in [-0.2, 0) is 13.1 Å². The first kappa shape index (κ1) is 17.9. The molecule has 0 unspecified atom stereocenters. The highest BCUT2D eigenvalue weighted by Gasteiger charge is 2.20. The average Bonchev–Trinajstić information content (AvgIpc) is 3.06. The summed E-state index contributed by atoms with van der Waals surface area (Å²) in [7, 11) is 0. The maximum Gasteiger partial charge on any atom is 0.254 e. The normalized spacial score (nSPS) is 10.9. The van der Waals surface area contributed by atoms with E-state index in [4.69, 9.17) is 0 Å². The van der Waals surface area contributed by atoms with Gasteiger partial charge in [-0.1, -0.05) is 36.4 Å². The Morgan fingerprint density at radius 3 is 2.50 bits per heavy atom. The molecule has 0 aliphatic carbocycles. The zero-order valence-electron chi connectivity index (χ0n) is 15.1. The molecule has 0 bridgehead atoms. The minimum absolute atomic E-state index is 0.00541. The van der Waals surface area contributed by atoms with Gasteiger partial charge in [0.05, 0.1) is 6.54 Å². The van der Waals surface area contributed by atoms with E-state index in [0.717, 1.165) is 12.2 Å². The number of hydrogen-bond donors (Lipinski definition) is 0. The fourth-order valence-corrected chi connectivity index (χ4v) is 2.98. The molecule has 26 heavy (non-hydrogen) atoms. The van der Waals surface area contributed by atoms with Crippen LogP contribution in [0, 0.1) is 5.82 Å². The molecule has 0 atom stereocenters. The second kappa shape index (κ2) is 8.00. The van der Waals surface area contributed by atoms with Gasteiger partial charge in [0.1, 0.15) is 5.82 Å². The Hall–Kier alpha value is -2.88. The molecule has 1 amide bonds. The van der Waals surface area contributed by atoms with Gasteiger partial charge in [-0.15, -0.1) is 0 Å². The summed E-state index contributed by atoms with van der Waals surface area (Å²) in [5, 5.41) is 0. The molecule has 2 aromatic carbocycles. The van der Waals surface area contributed by atoms with Gasteiger partial charge >= 0.3 is 0 Å². The number of carbonyl (C=O) groups excluding carboxylic acids is 1. The summed E-state index contributed by atoms with van der Waals surface area (Å²) in [5.41, 5.74) is 2.63. The van der Waals surface area contributed by atoms with Gasteiger partial charge in [-0.05, 0) is 49.7 Å². The van der Waals surface area contributed by atoms with Gasteiger partial charge in [0.2, 0.25) is 0 Å². The van der Waals surface area contributed by atoms with E-state index < -0.39 is 5.82 Å². The molecule has 0 fully saturated rings. The summed E-state index contributed by atoms with van der Waals surface area (Å²) in [6.45, 7) is 5.18. The number of hydrogen-bond acceptors (Lipinski definition) is 1. The zero-order chi connectivity index (χ0) is 18.5. The van der Waals surface area contributed by atoms with Gasteiger partial charge in [-0.3, -0.25) is 4.79 Å². The number of aromatic nitrogens is 1. The van der Waals surface area contributed by atoms with Crippen molar-refractivity contribution in [3.8, 4) is 0 Å². The van der Waals surface area contributed by atoms with E-state index in [1.807, 2.05) is 50.4 Å². The molecule has 1 heterocycles. The van der Waals surface area contributed by atoms with Crippen molar-refractivity contribution < 1.29 is 9.18 Å². The Kier molecular flexibility index (Phi) is 5.52. The van der Waals surface area contributed by atoms with Crippen molar-refractivity contribution in [3.63, 3.8) is 0 Å². The van der Waals surface area contributed by atoms with Crippen LogP contribution >= 0.6 is 0 Å². The molecule has 3 rings (SSSR count). The van der Waals surface area contributed by atoms with E-state index in [-0.39, 0.29) is 11.9 Å². The summed E-state index contributed by atoms with van der Waals surface area (Å²) < 4.78 is 15.6. The van der Waals surface area contributed by atoms with Crippen LogP contribution in [-0.4, -0.2) is 21.4 Å². The molecule has 0 radical (unpaired) electrons. The van der Waals surface area contributed by atoms with Gasteiger partial charge in [0.15, 0.2) is 0 Å². The van der Waals surface area contributed by atoms with Crippen LogP contribution in [0.15, 0.2) is 72.9 Å². The highest BCUT2D eigenvalue weighted by atomic mass is 19.1. The summed E-state index contributed by atoms with van der Waals surface area (Å²) >= 11 is 0. The van der Waals surface area contributed by atoms with Crippen molar-refractivity contribution in [2.75, 3.05) is 0 Å². The van der Waals surface area contributed by atoms with Crippen molar-refractivity contribution in [2.24, 2.45) is 0 Å². The van der Waals surface area contributed by atoms with Gasteiger partial charge in [0, 0.05) is 30.0 Å². The number of halogens is 1. The molecule has 1 aromatic heterocycles. The molecule has 0 saturated heterocycles. The molecule has 0 spiro atoms. The molecule has 4 heteroatoms. The highest BCUT2D eigenvalue weighted by Crippen LogP contribution is 2.16. The lowest BCUT2D eigenvalue weighted by Crippen LogP contribution is -2.37. The Morgan fingerprint density at radius 1 is 1.04 bits per heavy atom. The van der Waals surface area contributed by atoms with Gasteiger partial charge in [0.25, 0.3) is 5.91 Å². The second-order valence-electron chi connectivity index (χ2n) is 6.65. The summed E-state index contributed by atoms with van der Waals surface area (Å²) in [6.07, 6.45) is 2.02. The van der Waals surface area contributed by atoms with E-state index in [9.17, 15) is 9.18 Å². The zero-order valence-corrected chi connectivity index (χ0v) is 15.1. The topological polar surface area (TPSA) is 25.2 Å². The SMILES string of the molecule is CC(C)N(Cc1cccn1Cc1ccccc1)C(=O)c1cccc(F)c1. The van der Waals surface area contributed by atoms with Gasteiger partial charge in [-0.25, -0.2) is 4.39 Å². The first-order valence-electron chi connectivity index (χ1n) is 8.79. The summed E-state index contributed by atoms with van der Waals surface area (Å²) in [6, 6.07) is 20.1. The van der Waals surface area contributed by atoms with Crippen molar-refractivity contribution >= 4 is 5.91 Å². The Labute approximate surface area is 153 Å². The molecule has 0 aliphatic heterocycles. The maximum absolute atomic E-state index is 13.5. The molecule has 3 nitrogen and oxygen atoms in total. The van der Waals surface area contributed by atoms with Crippen LogP contribution in [0.4, 0.5) is 4.39 Å². The number of nitrogens with zero attached hydrogens (tertiary/aromatic N) is 2. The summed E-state index contributed by atoms with van der Waals surface area (Å²) in [5.74, 6) is -0.557. The van der Waals surface area contributed by atoms with Gasteiger partial charge in [-0.2, -0.15) is 0 Å². The van der Waals surface area contributed by atoms with Crippen molar-refractivity contribution in [2.45, 2.75) is 33.0 Å². The smallest absolute Gasteiger partial charge is 0.254 e. The van der Waals surface area contributed by atoms with E-state index in [0.29, 0.717) is 12.1 Å². The number of carbonyl (C=O) groups is 1. The van der Waals surface area contributed by atoms with Crippen LogP contribution < -0.4 is 0 Å². The molecule has 0 aliphatic rings. The largest absolute Gasteiger partial charge is 0.345 e. The van der Waals surface area contributed by atoms with Crippen molar-refractivity contribution in [1.29, 1.82) is 0 Å². The van der Waals surface area contributed by atoms with Crippen LogP contribution in [0.5, 0.6) is 0 Å². The van der Waals surface area contributed by atoms with Crippen LogP contribution in [0.1, 0.15) is 35.5 Å². The lowest BCUT2D eigenvalue weighted by Gasteiger charge is -2.27. The highest BCUT2D eigenvalue weighted by molar-refractivity contribution is 5.94. The fraction of sp³-hybridized carbons (Fsp3) is 0.227. The molecule has 0 N–H and O–H groups in total. The lowest BCUT2D eigenvalue weighted by atomic mass is 10.1. The first-order valence-corrected chi connectivity index (χ1v) is 8.79. The monoisotopic (exact) mass is 350 g/mol. The fourth-order valence-electron chi connectivity index (χ4n) is 2.98. The molecular formula is C22H23FN2O. The average molecular weight is 350 g/mol. The van der Waals surface area contributed by atoms with E-state index in [1.165, 1.54) is 17.7 Å². The van der Waals surface area contributed by atoms with E-state index >= 15 is 0 Å². The van der Waals surface area contributed by atoms with Crippen LogP contribution in [0.25, 0.3) is 0 Å². The van der Waals surface area contributed by atoms with E-state index in [2.05, 4.69) is 16.7 Å². The first-order chi connectivity index (χ1) is 12.5. The molecule has 134 valence electrons. The Balaban J connectivity index is 1.81. The second-order valence-corrected chi connectivity index (χ2v) is 6.65. The predicted octanol–water partition coefficient (Wildman–Crippen LogP) is 4.73. The lowest BCUT2D eigenvalue weighted by molar-refractivity contribution is 0.0685. The maximum atomic E-state index is 13.5. The van der Waals surface area contributed by atoms with Gasteiger partial charge < -0.3 is 9.47 Å².